The second kappa shape index (κ2) is 11.4. The minimum atomic E-state index is -0.734. The fourth-order valence-electron chi connectivity index (χ4n) is 3.19. The summed E-state index contributed by atoms with van der Waals surface area (Å²) in [5.41, 5.74) is 1.26. The van der Waals surface area contributed by atoms with E-state index in [-0.39, 0.29) is 11.2 Å². The molecule has 0 bridgehead atoms. The van der Waals surface area contributed by atoms with Crippen molar-refractivity contribution in [2.75, 3.05) is 43.6 Å². The number of benzene rings is 1. The summed E-state index contributed by atoms with van der Waals surface area (Å²) in [6, 6.07) is 6.42. The standard InChI is InChI=1S/C25H30ClN5O4/c1-17(30(5)24(33)35-25(2,3)4)22(32)28-20-8-6-7-18(15-20)9-10-19-16-27-23(26)29-21(19)31-11-13-34-14-12-31/h6-8,15-17H,11-14H2,1-5H3,(H,28,32)/t17-/m0/s1. The monoisotopic (exact) mass is 499 g/mol. The van der Waals surface area contributed by atoms with Crippen molar-refractivity contribution < 1.29 is 19.1 Å². The van der Waals surface area contributed by atoms with Gasteiger partial charge in [-0.25, -0.2) is 9.78 Å². The maximum Gasteiger partial charge on any atom is 0.410 e. The molecule has 35 heavy (non-hydrogen) atoms. The summed E-state index contributed by atoms with van der Waals surface area (Å²) < 4.78 is 10.7. The fraction of sp³-hybridized carbons (Fsp3) is 0.440. The number of nitrogens with one attached hydrogen (secondary N) is 1. The highest BCUT2D eigenvalue weighted by Crippen LogP contribution is 2.20. The number of nitrogens with zero attached hydrogens (tertiary/aromatic N) is 4. The summed E-state index contributed by atoms with van der Waals surface area (Å²) in [4.78, 5) is 36.8. The van der Waals surface area contributed by atoms with Crippen LogP contribution >= 0.6 is 11.6 Å². The van der Waals surface area contributed by atoms with E-state index >= 15 is 0 Å². The number of anilines is 2. The zero-order valence-electron chi connectivity index (χ0n) is 20.6. The van der Waals surface area contributed by atoms with Gasteiger partial charge in [0.2, 0.25) is 11.2 Å². The average molecular weight is 500 g/mol. The van der Waals surface area contributed by atoms with Gasteiger partial charge in [0.15, 0.2) is 0 Å². The van der Waals surface area contributed by atoms with E-state index in [0.717, 1.165) is 0 Å². The van der Waals surface area contributed by atoms with Gasteiger partial charge >= 0.3 is 6.09 Å². The van der Waals surface area contributed by atoms with Gasteiger partial charge in [-0.05, 0) is 57.5 Å². The molecule has 0 aliphatic carbocycles. The Morgan fingerprint density at radius 1 is 1.26 bits per heavy atom. The molecule has 0 unspecified atom stereocenters. The molecule has 2 aromatic rings. The largest absolute Gasteiger partial charge is 0.444 e. The van der Waals surface area contributed by atoms with Crippen LogP contribution in [0.15, 0.2) is 30.5 Å². The van der Waals surface area contributed by atoms with E-state index in [9.17, 15) is 9.59 Å². The summed E-state index contributed by atoms with van der Waals surface area (Å²) in [7, 11) is 1.53. The summed E-state index contributed by atoms with van der Waals surface area (Å²) in [6.45, 7) is 9.56. The maximum atomic E-state index is 12.7. The van der Waals surface area contributed by atoms with E-state index in [1.54, 1.807) is 52.1 Å². The number of hydrogen-bond acceptors (Lipinski definition) is 7. The van der Waals surface area contributed by atoms with Crippen molar-refractivity contribution in [3.8, 4) is 11.8 Å². The van der Waals surface area contributed by atoms with Crippen LogP contribution in [0, 0.1) is 11.8 Å². The van der Waals surface area contributed by atoms with Crippen LogP contribution in [0.1, 0.15) is 38.8 Å². The minimum absolute atomic E-state index is 0.159. The number of carbonyl (C=O) groups excluding carboxylic acids is 2. The van der Waals surface area contributed by atoms with Crippen molar-refractivity contribution in [2.45, 2.75) is 39.3 Å². The molecule has 9 nitrogen and oxygen atoms in total. The predicted octanol–water partition coefficient (Wildman–Crippen LogP) is 3.56. The number of ether oxygens (including phenoxy) is 2. The summed E-state index contributed by atoms with van der Waals surface area (Å²) >= 11 is 6.02. The number of amides is 2. The average Bonchev–Trinajstić information content (AvgIpc) is 2.82. The lowest BCUT2D eigenvalue weighted by Crippen LogP contribution is -2.45. The smallest absolute Gasteiger partial charge is 0.410 e. The third-order valence-corrected chi connectivity index (χ3v) is 5.35. The third kappa shape index (κ3) is 7.57. The molecule has 1 N–H and O–H groups in total. The Kier molecular flexibility index (Phi) is 8.54. The molecule has 10 heteroatoms. The Bertz CT molecular complexity index is 1130. The van der Waals surface area contributed by atoms with Crippen molar-refractivity contribution in [3.63, 3.8) is 0 Å². The molecule has 1 saturated heterocycles. The van der Waals surface area contributed by atoms with E-state index in [0.29, 0.717) is 48.9 Å². The Hall–Kier alpha value is -3.35. The van der Waals surface area contributed by atoms with Crippen molar-refractivity contribution >= 4 is 35.1 Å². The second-order valence-corrected chi connectivity index (χ2v) is 9.40. The molecule has 2 heterocycles. The number of rotatable bonds is 4. The van der Waals surface area contributed by atoms with E-state index in [4.69, 9.17) is 21.1 Å². The highest BCUT2D eigenvalue weighted by atomic mass is 35.5. The molecule has 3 rings (SSSR count). The van der Waals surface area contributed by atoms with Gasteiger partial charge in [0.25, 0.3) is 0 Å². The SMILES string of the molecule is C[C@@H](C(=O)Nc1cccc(C#Cc2cnc(Cl)nc2N2CCOCC2)c1)N(C)C(=O)OC(C)(C)C. The van der Waals surface area contributed by atoms with Crippen LogP contribution in [0.3, 0.4) is 0 Å². The first kappa shape index (κ1) is 26.3. The van der Waals surface area contributed by atoms with Gasteiger partial charge in [-0.1, -0.05) is 17.9 Å². The first-order valence-corrected chi connectivity index (χ1v) is 11.7. The Morgan fingerprint density at radius 3 is 2.66 bits per heavy atom. The molecule has 1 fully saturated rings. The molecule has 0 saturated carbocycles. The minimum Gasteiger partial charge on any atom is -0.444 e. The van der Waals surface area contributed by atoms with E-state index in [1.807, 2.05) is 6.07 Å². The molecule has 2 amide bonds. The predicted molar refractivity (Wildman–Crippen MR) is 135 cm³/mol. The second-order valence-electron chi connectivity index (χ2n) is 9.06. The Labute approximate surface area is 210 Å². The first-order chi connectivity index (χ1) is 16.5. The maximum absolute atomic E-state index is 12.7. The van der Waals surface area contributed by atoms with Gasteiger partial charge in [-0.2, -0.15) is 4.98 Å². The number of hydrogen-bond donors (Lipinski definition) is 1. The number of aromatic nitrogens is 2. The number of halogens is 1. The van der Waals surface area contributed by atoms with Crippen LogP contribution in [0.25, 0.3) is 0 Å². The molecule has 1 aromatic carbocycles. The zero-order chi connectivity index (χ0) is 25.6. The van der Waals surface area contributed by atoms with Crippen LogP contribution in [-0.2, 0) is 14.3 Å². The third-order valence-electron chi connectivity index (χ3n) is 5.16. The highest BCUT2D eigenvalue weighted by molar-refractivity contribution is 6.28. The van der Waals surface area contributed by atoms with E-state index in [1.165, 1.54) is 11.9 Å². The van der Waals surface area contributed by atoms with Crippen molar-refractivity contribution in [1.29, 1.82) is 0 Å². The van der Waals surface area contributed by atoms with Crippen LogP contribution < -0.4 is 10.2 Å². The molecule has 1 atom stereocenters. The van der Waals surface area contributed by atoms with Crippen LogP contribution in [0.2, 0.25) is 5.28 Å². The van der Waals surface area contributed by atoms with Gasteiger partial charge in [0.05, 0.1) is 18.8 Å². The number of carbonyl (C=O) groups is 2. The van der Waals surface area contributed by atoms with Crippen molar-refractivity contribution in [2.24, 2.45) is 0 Å². The molecule has 1 aromatic heterocycles. The number of likely N-dealkylation sites (N-methyl/N-ethyl adjacent to an activating group) is 1. The van der Waals surface area contributed by atoms with Gasteiger partial charge in [-0.15, -0.1) is 0 Å². The molecule has 1 aliphatic rings. The first-order valence-electron chi connectivity index (χ1n) is 11.3. The summed E-state index contributed by atoms with van der Waals surface area (Å²) in [5, 5.41) is 2.99. The van der Waals surface area contributed by atoms with E-state index < -0.39 is 17.7 Å². The lowest BCUT2D eigenvalue weighted by atomic mass is 10.1. The van der Waals surface area contributed by atoms with Crippen molar-refractivity contribution in [3.05, 3.63) is 46.9 Å². The molecule has 1 aliphatic heterocycles. The molecule has 0 radical (unpaired) electrons. The molecule has 186 valence electrons. The van der Waals surface area contributed by atoms with Crippen molar-refractivity contribution in [1.82, 2.24) is 14.9 Å². The quantitative estimate of drug-likeness (QED) is 0.507. The fourth-order valence-corrected chi connectivity index (χ4v) is 3.31. The van der Waals surface area contributed by atoms with Crippen LogP contribution in [-0.4, -0.2) is 71.9 Å². The molecular formula is C25H30ClN5O4. The lowest BCUT2D eigenvalue weighted by molar-refractivity contribution is -0.120. The molecular weight excluding hydrogens is 470 g/mol. The van der Waals surface area contributed by atoms with Crippen LogP contribution in [0.5, 0.6) is 0 Å². The summed E-state index contributed by atoms with van der Waals surface area (Å²) in [5.74, 6) is 6.54. The molecule has 0 spiro atoms. The lowest BCUT2D eigenvalue weighted by Gasteiger charge is -2.28. The Balaban J connectivity index is 1.72. The highest BCUT2D eigenvalue weighted by Gasteiger charge is 2.27. The van der Waals surface area contributed by atoms with Gasteiger partial charge in [0.1, 0.15) is 17.5 Å². The summed E-state index contributed by atoms with van der Waals surface area (Å²) in [6.07, 6.45) is 1.04. The van der Waals surface area contributed by atoms with Gasteiger partial charge in [0, 0.05) is 37.6 Å². The normalized spacial score (nSPS) is 14.4. The number of morpholine rings is 1. The Morgan fingerprint density at radius 2 is 1.97 bits per heavy atom. The van der Waals surface area contributed by atoms with Crippen LogP contribution in [0.4, 0.5) is 16.3 Å². The topological polar surface area (TPSA) is 96.9 Å². The van der Waals surface area contributed by atoms with Gasteiger partial charge in [-0.3, -0.25) is 9.69 Å². The van der Waals surface area contributed by atoms with E-state index in [2.05, 4.69) is 32.0 Å². The zero-order valence-corrected chi connectivity index (χ0v) is 21.3. The van der Waals surface area contributed by atoms with Gasteiger partial charge < -0.3 is 19.7 Å².